The lowest BCUT2D eigenvalue weighted by molar-refractivity contribution is -0.136. The fraction of sp³-hybridized carbons (Fsp3) is 0.500. The molecule has 3 nitrogen and oxygen atoms in total. The molecule has 0 aliphatic carbocycles. The molecule has 1 rings (SSSR count). The third-order valence-corrected chi connectivity index (χ3v) is 2.42. The maximum atomic E-state index is 10.4. The van der Waals surface area contributed by atoms with Crippen molar-refractivity contribution < 1.29 is 9.90 Å². The van der Waals surface area contributed by atoms with E-state index in [1.165, 1.54) is 0 Å². The van der Waals surface area contributed by atoms with Crippen LogP contribution >= 0.6 is 0 Å². The van der Waals surface area contributed by atoms with E-state index in [-0.39, 0.29) is 6.42 Å². The highest BCUT2D eigenvalue weighted by Crippen LogP contribution is 2.15. The van der Waals surface area contributed by atoms with Crippen LogP contribution in [0, 0.1) is 6.92 Å². The van der Waals surface area contributed by atoms with Crippen molar-refractivity contribution in [3.8, 4) is 0 Å². The standard InChI is InChI=1S/C12H17NO2/c1-8(2)11-6-4-10(9(3)13-11)5-7-12(14)15/h4,6,8H,5,7H2,1-3H3,(H,14,15). The van der Waals surface area contributed by atoms with Gasteiger partial charge in [0.25, 0.3) is 0 Å². The zero-order chi connectivity index (χ0) is 11.4. The van der Waals surface area contributed by atoms with Crippen LogP contribution in [0.5, 0.6) is 0 Å². The van der Waals surface area contributed by atoms with E-state index in [9.17, 15) is 4.79 Å². The van der Waals surface area contributed by atoms with Crippen molar-refractivity contribution in [1.29, 1.82) is 0 Å². The van der Waals surface area contributed by atoms with Crippen LogP contribution in [-0.2, 0) is 11.2 Å². The second-order valence-electron chi connectivity index (χ2n) is 4.03. The lowest BCUT2D eigenvalue weighted by Crippen LogP contribution is -2.02. The summed E-state index contributed by atoms with van der Waals surface area (Å²) < 4.78 is 0. The Kier molecular flexibility index (Phi) is 3.83. The topological polar surface area (TPSA) is 50.2 Å². The monoisotopic (exact) mass is 207 g/mol. The summed E-state index contributed by atoms with van der Waals surface area (Å²) in [5.41, 5.74) is 3.04. The second-order valence-corrected chi connectivity index (χ2v) is 4.03. The predicted octanol–water partition coefficient (Wildman–Crippen LogP) is 2.53. The van der Waals surface area contributed by atoms with Crippen molar-refractivity contribution >= 4 is 5.97 Å². The number of aryl methyl sites for hydroxylation is 2. The largest absolute Gasteiger partial charge is 0.481 e. The number of aromatic nitrogens is 1. The molecule has 0 saturated carbocycles. The lowest BCUT2D eigenvalue weighted by atomic mass is 10.0. The maximum absolute atomic E-state index is 10.4. The summed E-state index contributed by atoms with van der Waals surface area (Å²) in [6.45, 7) is 6.13. The maximum Gasteiger partial charge on any atom is 0.303 e. The molecule has 0 aliphatic heterocycles. The summed E-state index contributed by atoms with van der Waals surface area (Å²) in [7, 11) is 0. The Morgan fingerprint density at radius 2 is 2.13 bits per heavy atom. The van der Waals surface area contributed by atoms with E-state index in [2.05, 4.69) is 18.8 Å². The minimum atomic E-state index is -0.762. The molecule has 0 fully saturated rings. The van der Waals surface area contributed by atoms with Crippen molar-refractivity contribution in [1.82, 2.24) is 4.98 Å². The van der Waals surface area contributed by atoms with Crippen molar-refractivity contribution in [2.75, 3.05) is 0 Å². The third-order valence-electron chi connectivity index (χ3n) is 2.42. The molecular weight excluding hydrogens is 190 g/mol. The highest BCUT2D eigenvalue weighted by atomic mass is 16.4. The number of aliphatic carboxylic acids is 1. The Morgan fingerprint density at radius 1 is 1.47 bits per heavy atom. The lowest BCUT2D eigenvalue weighted by Gasteiger charge is -2.08. The number of nitrogens with zero attached hydrogens (tertiary/aromatic N) is 1. The molecule has 0 aromatic carbocycles. The van der Waals surface area contributed by atoms with Crippen molar-refractivity contribution in [2.45, 2.75) is 39.5 Å². The predicted molar refractivity (Wildman–Crippen MR) is 59.0 cm³/mol. The van der Waals surface area contributed by atoms with Gasteiger partial charge in [-0.05, 0) is 30.9 Å². The number of hydrogen-bond acceptors (Lipinski definition) is 2. The molecule has 0 unspecified atom stereocenters. The van der Waals surface area contributed by atoms with E-state index in [0.29, 0.717) is 12.3 Å². The zero-order valence-corrected chi connectivity index (χ0v) is 9.45. The minimum absolute atomic E-state index is 0.170. The quantitative estimate of drug-likeness (QED) is 0.825. The van der Waals surface area contributed by atoms with Crippen LogP contribution in [-0.4, -0.2) is 16.1 Å². The van der Waals surface area contributed by atoms with Gasteiger partial charge in [0, 0.05) is 17.8 Å². The molecule has 0 bridgehead atoms. The molecule has 1 aromatic heterocycles. The first kappa shape index (κ1) is 11.7. The van der Waals surface area contributed by atoms with Gasteiger partial charge in [0.05, 0.1) is 0 Å². The molecule has 82 valence electrons. The van der Waals surface area contributed by atoms with E-state index in [4.69, 9.17) is 5.11 Å². The molecule has 0 aliphatic rings. The Labute approximate surface area is 90.2 Å². The van der Waals surface area contributed by atoms with E-state index < -0.39 is 5.97 Å². The Morgan fingerprint density at radius 3 is 2.60 bits per heavy atom. The van der Waals surface area contributed by atoms with Gasteiger partial charge in [0.1, 0.15) is 0 Å². The fourth-order valence-electron chi connectivity index (χ4n) is 1.44. The molecule has 0 amide bonds. The SMILES string of the molecule is Cc1nc(C(C)C)ccc1CCC(=O)O. The number of pyridine rings is 1. The number of rotatable bonds is 4. The molecule has 15 heavy (non-hydrogen) atoms. The summed E-state index contributed by atoms with van der Waals surface area (Å²) in [6.07, 6.45) is 0.732. The highest BCUT2D eigenvalue weighted by molar-refractivity contribution is 5.67. The zero-order valence-electron chi connectivity index (χ0n) is 9.45. The average molecular weight is 207 g/mol. The first-order chi connectivity index (χ1) is 7.00. The number of carbonyl (C=O) groups is 1. The van der Waals surface area contributed by atoms with Gasteiger partial charge in [-0.1, -0.05) is 19.9 Å². The van der Waals surface area contributed by atoms with E-state index in [1.807, 2.05) is 19.1 Å². The van der Waals surface area contributed by atoms with Gasteiger partial charge < -0.3 is 5.11 Å². The first-order valence-electron chi connectivity index (χ1n) is 5.19. The molecule has 0 radical (unpaired) electrons. The number of hydrogen-bond donors (Lipinski definition) is 1. The van der Waals surface area contributed by atoms with Crippen molar-refractivity contribution in [3.05, 3.63) is 29.1 Å². The summed E-state index contributed by atoms with van der Waals surface area (Å²) in [6, 6.07) is 3.97. The summed E-state index contributed by atoms with van der Waals surface area (Å²) in [4.78, 5) is 14.9. The van der Waals surface area contributed by atoms with Gasteiger partial charge >= 0.3 is 5.97 Å². The Bertz CT molecular complexity index is 359. The van der Waals surface area contributed by atoms with Crippen LogP contribution in [0.25, 0.3) is 0 Å². The van der Waals surface area contributed by atoms with Crippen LogP contribution < -0.4 is 0 Å². The highest BCUT2D eigenvalue weighted by Gasteiger charge is 2.06. The van der Waals surface area contributed by atoms with Crippen molar-refractivity contribution in [2.24, 2.45) is 0 Å². The van der Waals surface area contributed by atoms with Gasteiger partial charge in [-0.3, -0.25) is 9.78 Å². The molecule has 0 spiro atoms. The van der Waals surface area contributed by atoms with Gasteiger partial charge in [0.2, 0.25) is 0 Å². The molecule has 1 heterocycles. The molecule has 0 atom stereocenters. The van der Waals surface area contributed by atoms with E-state index >= 15 is 0 Å². The van der Waals surface area contributed by atoms with Crippen LogP contribution in [0.2, 0.25) is 0 Å². The normalized spacial score (nSPS) is 10.7. The summed E-state index contributed by atoms with van der Waals surface area (Å²) in [5, 5.41) is 8.59. The molecule has 3 heteroatoms. The van der Waals surface area contributed by atoms with Crippen LogP contribution in [0.1, 0.15) is 43.1 Å². The van der Waals surface area contributed by atoms with Crippen molar-refractivity contribution in [3.63, 3.8) is 0 Å². The number of carboxylic acid groups (broad SMARTS) is 1. The van der Waals surface area contributed by atoms with Crippen LogP contribution in [0.4, 0.5) is 0 Å². The Balaban J connectivity index is 2.79. The second kappa shape index (κ2) is 4.91. The fourth-order valence-corrected chi connectivity index (χ4v) is 1.44. The van der Waals surface area contributed by atoms with E-state index in [1.54, 1.807) is 0 Å². The molecular formula is C12H17NO2. The molecule has 1 aromatic rings. The van der Waals surface area contributed by atoms with Gasteiger partial charge in [-0.25, -0.2) is 0 Å². The summed E-state index contributed by atoms with van der Waals surface area (Å²) in [5.74, 6) is -0.348. The van der Waals surface area contributed by atoms with E-state index in [0.717, 1.165) is 17.0 Å². The number of carboxylic acids is 1. The molecule has 0 saturated heterocycles. The minimum Gasteiger partial charge on any atom is -0.481 e. The average Bonchev–Trinajstić information content (AvgIpc) is 2.15. The van der Waals surface area contributed by atoms with Gasteiger partial charge in [0.15, 0.2) is 0 Å². The smallest absolute Gasteiger partial charge is 0.303 e. The first-order valence-corrected chi connectivity index (χ1v) is 5.19. The van der Waals surface area contributed by atoms with Crippen LogP contribution in [0.15, 0.2) is 12.1 Å². The van der Waals surface area contributed by atoms with Crippen LogP contribution in [0.3, 0.4) is 0 Å². The Hall–Kier alpha value is -1.38. The van der Waals surface area contributed by atoms with Gasteiger partial charge in [-0.15, -0.1) is 0 Å². The third kappa shape index (κ3) is 3.35. The van der Waals surface area contributed by atoms with Gasteiger partial charge in [-0.2, -0.15) is 0 Å². The molecule has 1 N–H and O–H groups in total. The summed E-state index contributed by atoms with van der Waals surface area (Å²) >= 11 is 0.